The van der Waals surface area contributed by atoms with E-state index in [1.807, 2.05) is 0 Å². The maximum absolute atomic E-state index is 6.00. The Labute approximate surface area is 93.7 Å². The summed E-state index contributed by atoms with van der Waals surface area (Å²) in [5.74, 6) is 3.15. The van der Waals surface area contributed by atoms with Crippen LogP contribution in [0.5, 0.6) is 0 Å². The average Bonchev–Trinajstić information content (AvgIpc) is 2.14. The van der Waals surface area contributed by atoms with Gasteiger partial charge >= 0.3 is 0 Å². The van der Waals surface area contributed by atoms with E-state index in [0.29, 0.717) is 0 Å². The summed E-state index contributed by atoms with van der Waals surface area (Å²) in [6.07, 6.45) is 0. The number of aryl methyl sites for hydroxylation is 1. The van der Waals surface area contributed by atoms with Crippen molar-refractivity contribution >= 4 is 8.07 Å². The van der Waals surface area contributed by atoms with Gasteiger partial charge in [0.2, 0.25) is 0 Å². The molecule has 0 aliphatic rings. The molecule has 0 amide bonds. The molecule has 0 radical (unpaired) electrons. The first-order chi connectivity index (χ1) is 6.88. The second-order valence-corrected chi connectivity index (χ2v) is 9.66. The van der Waals surface area contributed by atoms with E-state index in [-0.39, 0.29) is 6.04 Å². The molecule has 2 heteroatoms. The van der Waals surface area contributed by atoms with Crippen molar-refractivity contribution in [2.24, 2.45) is 5.73 Å². The lowest BCUT2D eigenvalue weighted by Crippen LogP contribution is -2.18. The molecule has 1 nitrogen and oxygen atoms in total. The van der Waals surface area contributed by atoms with Crippen molar-refractivity contribution in [2.75, 3.05) is 0 Å². The van der Waals surface area contributed by atoms with E-state index < -0.39 is 8.07 Å². The molecule has 1 atom stereocenters. The summed E-state index contributed by atoms with van der Waals surface area (Å²) in [6, 6.07) is 8.12. The van der Waals surface area contributed by atoms with Gasteiger partial charge in [-0.25, -0.2) is 0 Å². The molecule has 1 aromatic rings. The van der Waals surface area contributed by atoms with Crippen LogP contribution in [-0.2, 0) is 0 Å². The zero-order valence-electron chi connectivity index (χ0n) is 9.96. The minimum Gasteiger partial charge on any atom is -0.314 e. The second kappa shape index (κ2) is 4.65. The van der Waals surface area contributed by atoms with Crippen LogP contribution in [0.2, 0.25) is 19.6 Å². The topological polar surface area (TPSA) is 26.0 Å². The molecule has 0 heterocycles. The van der Waals surface area contributed by atoms with E-state index in [1.165, 1.54) is 5.56 Å². The standard InChI is InChI=1S/C13H19NSi/c1-11-5-7-12(8-6-11)13(14)9-10-15(2,3)4/h5-8,13H,14H2,1-4H3. The lowest BCUT2D eigenvalue weighted by Gasteiger charge is -2.08. The van der Waals surface area contributed by atoms with Crippen LogP contribution >= 0.6 is 0 Å². The van der Waals surface area contributed by atoms with Crippen LogP contribution in [0.25, 0.3) is 0 Å². The summed E-state index contributed by atoms with van der Waals surface area (Å²) in [4.78, 5) is 0. The molecule has 0 aromatic heterocycles. The fourth-order valence-electron chi connectivity index (χ4n) is 1.15. The number of benzene rings is 1. The maximum atomic E-state index is 6.00. The zero-order valence-corrected chi connectivity index (χ0v) is 11.0. The first kappa shape index (κ1) is 12.0. The smallest absolute Gasteiger partial charge is 0.129 e. The Hall–Kier alpha value is -1.04. The van der Waals surface area contributed by atoms with Gasteiger partial charge in [-0.3, -0.25) is 0 Å². The van der Waals surface area contributed by atoms with Crippen molar-refractivity contribution in [3.8, 4) is 11.5 Å². The van der Waals surface area contributed by atoms with Crippen LogP contribution in [0, 0.1) is 18.4 Å². The molecular weight excluding hydrogens is 198 g/mol. The highest BCUT2D eigenvalue weighted by Gasteiger charge is 2.08. The highest BCUT2D eigenvalue weighted by molar-refractivity contribution is 6.83. The van der Waals surface area contributed by atoms with Gasteiger partial charge in [-0.05, 0) is 12.5 Å². The highest BCUT2D eigenvalue weighted by Crippen LogP contribution is 2.10. The minimum atomic E-state index is -1.30. The lowest BCUT2D eigenvalue weighted by molar-refractivity contribution is 0.944. The van der Waals surface area contributed by atoms with E-state index in [9.17, 15) is 0 Å². The Balaban J connectivity index is 2.80. The van der Waals surface area contributed by atoms with Crippen molar-refractivity contribution in [1.29, 1.82) is 0 Å². The molecule has 2 N–H and O–H groups in total. The molecule has 0 bridgehead atoms. The Kier molecular flexibility index (Phi) is 3.73. The predicted molar refractivity (Wildman–Crippen MR) is 69.2 cm³/mol. The van der Waals surface area contributed by atoms with Crippen molar-refractivity contribution in [3.63, 3.8) is 0 Å². The zero-order chi connectivity index (χ0) is 11.5. The number of nitrogens with two attached hydrogens (primary N) is 1. The number of rotatable bonds is 1. The van der Waals surface area contributed by atoms with Gasteiger partial charge in [0.15, 0.2) is 0 Å². The third-order valence-electron chi connectivity index (χ3n) is 2.04. The lowest BCUT2D eigenvalue weighted by atomic mass is 10.1. The maximum Gasteiger partial charge on any atom is 0.129 e. The fraction of sp³-hybridized carbons (Fsp3) is 0.385. The third-order valence-corrected chi connectivity index (χ3v) is 2.93. The minimum absolute atomic E-state index is 0.141. The molecule has 0 aliphatic heterocycles. The third kappa shape index (κ3) is 4.33. The van der Waals surface area contributed by atoms with Gasteiger partial charge in [-0.2, -0.15) is 0 Å². The Morgan fingerprint density at radius 1 is 1.13 bits per heavy atom. The Morgan fingerprint density at radius 2 is 1.67 bits per heavy atom. The van der Waals surface area contributed by atoms with Gasteiger partial charge in [-0.15, -0.1) is 5.54 Å². The van der Waals surface area contributed by atoms with Crippen molar-refractivity contribution in [1.82, 2.24) is 0 Å². The molecule has 1 aromatic carbocycles. The summed E-state index contributed by atoms with van der Waals surface area (Å²) < 4.78 is 0. The largest absolute Gasteiger partial charge is 0.314 e. The van der Waals surface area contributed by atoms with Crippen molar-refractivity contribution in [2.45, 2.75) is 32.6 Å². The monoisotopic (exact) mass is 217 g/mol. The summed E-state index contributed by atoms with van der Waals surface area (Å²) in [5.41, 5.74) is 11.7. The molecule has 0 spiro atoms. The summed E-state index contributed by atoms with van der Waals surface area (Å²) in [5, 5.41) is 0. The molecule has 15 heavy (non-hydrogen) atoms. The molecule has 1 unspecified atom stereocenters. The van der Waals surface area contributed by atoms with E-state index in [1.54, 1.807) is 0 Å². The number of hydrogen-bond donors (Lipinski definition) is 1. The SMILES string of the molecule is Cc1ccc(C(N)C#C[Si](C)(C)C)cc1. The van der Waals surface area contributed by atoms with Crippen LogP contribution < -0.4 is 5.73 Å². The molecule has 0 saturated carbocycles. The van der Waals surface area contributed by atoms with Gasteiger partial charge in [-0.1, -0.05) is 55.4 Å². The summed E-state index contributed by atoms with van der Waals surface area (Å²) in [7, 11) is -1.30. The van der Waals surface area contributed by atoms with Crippen LogP contribution in [-0.4, -0.2) is 8.07 Å². The molecule has 0 fully saturated rings. The quantitative estimate of drug-likeness (QED) is 0.568. The highest BCUT2D eigenvalue weighted by atomic mass is 28.3. The Morgan fingerprint density at radius 3 is 2.13 bits per heavy atom. The van der Waals surface area contributed by atoms with Gasteiger partial charge < -0.3 is 5.73 Å². The molecule has 1 rings (SSSR count). The first-order valence-electron chi connectivity index (χ1n) is 5.23. The van der Waals surface area contributed by atoms with E-state index in [2.05, 4.69) is 62.3 Å². The molecule has 0 saturated heterocycles. The van der Waals surface area contributed by atoms with Crippen LogP contribution in [0.4, 0.5) is 0 Å². The normalized spacial score (nSPS) is 12.9. The number of hydrogen-bond acceptors (Lipinski definition) is 1. The average molecular weight is 217 g/mol. The van der Waals surface area contributed by atoms with Gasteiger partial charge in [0, 0.05) is 0 Å². The summed E-state index contributed by atoms with van der Waals surface area (Å²) >= 11 is 0. The molecular formula is C13H19NSi. The fourth-order valence-corrected chi connectivity index (χ4v) is 1.74. The first-order valence-corrected chi connectivity index (χ1v) is 8.73. The van der Waals surface area contributed by atoms with E-state index in [0.717, 1.165) is 5.56 Å². The predicted octanol–water partition coefficient (Wildman–Crippen LogP) is 2.88. The van der Waals surface area contributed by atoms with Crippen LogP contribution in [0.1, 0.15) is 17.2 Å². The Bertz CT molecular complexity index is 376. The second-order valence-electron chi connectivity index (χ2n) is 4.91. The van der Waals surface area contributed by atoms with Crippen LogP contribution in [0.15, 0.2) is 24.3 Å². The van der Waals surface area contributed by atoms with E-state index in [4.69, 9.17) is 5.73 Å². The molecule has 0 aliphatic carbocycles. The van der Waals surface area contributed by atoms with Crippen LogP contribution in [0.3, 0.4) is 0 Å². The summed E-state index contributed by atoms with van der Waals surface area (Å²) in [6.45, 7) is 8.74. The van der Waals surface area contributed by atoms with Gasteiger partial charge in [0.25, 0.3) is 0 Å². The van der Waals surface area contributed by atoms with Gasteiger partial charge in [0.1, 0.15) is 8.07 Å². The van der Waals surface area contributed by atoms with Crippen molar-refractivity contribution in [3.05, 3.63) is 35.4 Å². The molecule has 80 valence electrons. The van der Waals surface area contributed by atoms with Crippen molar-refractivity contribution < 1.29 is 0 Å². The van der Waals surface area contributed by atoms with Gasteiger partial charge in [0.05, 0.1) is 6.04 Å². The van der Waals surface area contributed by atoms with E-state index >= 15 is 0 Å².